The third kappa shape index (κ3) is 4.48. The SMILES string of the molecule is Cc1ccc([I+](OS(=O)(=O)c2ccccc2)c2ccc(C)cc2)cc1. The Labute approximate surface area is 156 Å². The first-order chi connectivity index (χ1) is 12.0. The molecule has 0 aliphatic heterocycles. The van der Waals surface area contributed by atoms with Gasteiger partial charge in [0.05, 0.1) is 4.90 Å². The Bertz CT molecular complexity index is 889. The number of hydrogen-bond donors (Lipinski definition) is 0. The van der Waals surface area contributed by atoms with Crippen molar-refractivity contribution in [3.63, 3.8) is 0 Å². The van der Waals surface area contributed by atoms with E-state index in [-0.39, 0.29) is 4.90 Å². The molecule has 1 radical (unpaired) electrons. The van der Waals surface area contributed by atoms with E-state index in [0.29, 0.717) is 0 Å². The van der Waals surface area contributed by atoms with Crippen molar-refractivity contribution in [1.29, 1.82) is 0 Å². The molecule has 129 valence electrons. The fourth-order valence-electron chi connectivity index (χ4n) is 2.20. The molecule has 3 rings (SSSR count). The maximum absolute atomic E-state index is 12.7. The van der Waals surface area contributed by atoms with Crippen LogP contribution in [0.3, 0.4) is 0 Å². The lowest BCUT2D eigenvalue weighted by Crippen LogP contribution is -3.85. The van der Waals surface area contributed by atoms with E-state index in [9.17, 15) is 8.42 Å². The van der Waals surface area contributed by atoms with E-state index in [1.165, 1.54) is 0 Å². The van der Waals surface area contributed by atoms with E-state index >= 15 is 0 Å². The van der Waals surface area contributed by atoms with Crippen LogP contribution in [-0.2, 0) is 12.6 Å². The van der Waals surface area contributed by atoms with Gasteiger partial charge in [-0.2, -0.15) is 8.42 Å². The Morgan fingerprint density at radius 1 is 0.680 bits per heavy atom. The quantitative estimate of drug-likeness (QED) is 0.533. The average molecular weight is 466 g/mol. The summed E-state index contributed by atoms with van der Waals surface area (Å²) in [6, 6.07) is 24.2. The second kappa shape index (κ2) is 7.68. The summed E-state index contributed by atoms with van der Waals surface area (Å²) in [4.78, 5) is 0.191. The standard InChI is InChI=1S/C20H19IO3S/c1-16-8-12-18(13-9-16)21(19-14-10-17(2)11-15-19)24-25(22,23)20-6-4-3-5-7-20/h3-15H,1-2H3/q+1. The van der Waals surface area contributed by atoms with E-state index in [0.717, 1.165) is 18.3 Å². The minimum absolute atomic E-state index is 0.191. The highest BCUT2D eigenvalue weighted by atomic mass is 127. The number of hydrogen-bond acceptors (Lipinski definition) is 3. The minimum Gasteiger partial charge on any atom is -0.190 e. The van der Waals surface area contributed by atoms with E-state index in [2.05, 4.69) is 0 Å². The first-order valence-corrected chi connectivity index (χ1v) is 12.2. The lowest BCUT2D eigenvalue weighted by atomic mass is 10.2. The van der Waals surface area contributed by atoms with Gasteiger partial charge < -0.3 is 0 Å². The van der Waals surface area contributed by atoms with Crippen molar-refractivity contribution in [2.45, 2.75) is 18.7 Å². The summed E-state index contributed by atoms with van der Waals surface area (Å²) in [6.07, 6.45) is 0. The summed E-state index contributed by atoms with van der Waals surface area (Å²) >= 11 is -2.59. The van der Waals surface area contributed by atoms with E-state index in [1.807, 2.05) is 62.4 Å². The van der Waals surface area contributed by atoms with Gasteiger partial charge >= 0.3 is 30.4 Å². The molecule has 3 aromatic carbocycles. The molecule has 0 aliphatic rings. The molecule has 3 aromatic rings. The molecular weight excluding hydrogens is 447 g/mol. The number of halogens is 1. The fourth-order valence-corrected chi connectivity index (χ4v) is 9.11. The third-order valence-electron chi connectivity index (χ3n) is 3.60. The summed E-state index contributed by atoms with van der Waals surface area (Å²) in [5.74, 6) is 0. The average Bonchev–Trinajstić information content (AvgIpc) is 2.62. The van der Waals surface area contributed by atoms with Gasteiger partial charge in [-0.1, -0.05) is 53.6 Å². The van der Waals surface area contributed by atoms with Gasteiger partial charge in [0, 0.05) is 0 Å². The van der Waals surface area contributed by atoms with Crippen molar-refractivity contribution in [2.75, 3.05) is 0 Å². The number of benzene rings is 3. The monoisotopic (exact) mass is 466 g/mol. The Balaban J connectivity index is 2.02. The second-order valence-electron chi connectivity index (χ2n) is 5.67. The zero-order chi connectivity index (χ0) is 17.9. The summed E-state index contributed by atoms with van der Waals surface area (Å²) in [5.41, 5.74) is 2.27. The van der Waals surface area contributed by atoms with Gasteiger partial charge in [-0.3, -0.25) is 0 Å². The molecule has 0 heterocycles. The zero-order valence-electron chi connectivity index (χ0n) is 14.0. The van der Waals surface area contributed by atoms with Crippen LogP contribution in [0.4, 0.5) is 0 Å². The zero-order valence-corrected chi connectivity index (χ0v) is 17.0. The van der Waals surface area contributed by atoms with Gasteiger partial charge in [-0.25, -0.2) is 0 Å². The van der Waals surface area contributed by atoms with Crippen LogP contribution in [0.1, 0.15) is 11.1 Å². The predicted molar refractivity (Wildman–Crippen MR) is 94.5 cm³/mol. The van der Waals surface area contributed by atoms with Crippen molar-refractivity contribution in [3.05, 3.63) is 97.1 Å². The molecule has 25 heavy (non-hydrogen) atoms. The summed E-state index contributed by atoms with van der Waals surface area (Å²) in [5, 5.41) is 0. The summed E-state index contributed by atoms with van der Waals surface area (Å²) in [6.45, 7) is 4.02. The lowest BCUT2D eigenvalue weighted by Gasteiger charge is -2.06. The van der Waals surface area contributed by atoms with Gasteiger partial charge in [0.25, 0.3) is 0 Å². The molecule has 5 heteroatoms. The van der Waals surface area contributed by atoms with E-state index in [4.69, 9.17) is 2.51 Å². The van der Waals surface area contributed by atoms with Gasteiger partial charge in [0.2, 0.25) is 0 Å². The molecule has 0 unspecified atom stereocenters. The van der Waals surface area contributed by atoms with Crippen LogP contribution in [0.15, 0.2) is 83.8 Å². The predicted octanol–water partition coefficient (Wildman–Crippen LogP) is 1.29. The Morgan fingerprint density at radius 3 is 1.56 bits per heavy atom. The Hall–Kier alpha value is -1.70. The Kier molecular flexibility index (Phi) is 5.56. The normalized spacial score (nSPS) is 11.6. The Morgan fingerprint density at radius 2 is 1.12 bits per heavy atom. The minimum atomic E-state index is -3.81. The molecule has 0 aliphatic carbocycles. The molecule has 0 N–H and O–H groups in total. The van der Waals surface area contributed by atoms with Crippen LogP contribution in [0.2, 0.25) is 0 Å². The van der Waals surface area contributed by atoms with Crippen molar-refractivity contribution < 1.29 is 31.2 Å². The highest BCUT2D eigenvalue weighted by molar-refractivity contribution is 7.86. The third-order valence-corrected chi connectivity index (χ3v) is 10.9. The summed E-state index contributed by atoms with van der Waals surface area (Å²) < 4.78 is 33.2. The lowest BCUT2D eigenvalue weighted by molar-refractivity contribution is -1.03. The van der Waals surface area contributed by atoms with Crippen LogP contribution in [-0.4, -0.2) is 8.42 Å². The van der Waals surface area contributed by atoms with Crippen molar-refractivity contribution >= 4 is 10.1 Å². The molecule has 0 atom stereocenters. The van der Waals surface area contributed by atoms with Gasteiger partial charge in [0.1, 0.15) is 0 Å². The molecule has 0 saturated heterocycles. The smallest absolute Gasteiger partial charge is 0.190 e. The molecule has 0 amide bonds. The van der Waals surface area contributed by atoms with Gasteiger partial charge in [-0.15, -0.1) is 0 Å². The molecule has 3 nitrogen and oxygen atoms in total. The molecule has 0 saturated carbocycles. The highest BCUT2D eigenvalue weighted by Gasteiger charge is 2.37. The van der Waals surface area contributed by atoms with E-state index in [1.54, 1.807) is 30.3 Å². The van der Waals surface area contributed by atoms with Crippen molar-refractivity contribution in [3.8, 4) is 0 Å². The van der Waals surface area contributed by atoms with Crippen LogP contribution in [0.5, 0.6) is 0 Å². The number of rotatable bonds is 5. The first-order valence-electron chi connectivity index (χ1n) is 7.79. The summed E-state index contributed by atoms with van der Waals surface area (Å²) in [7, 11) is -3.81. The second-order valence-corrected chi connectivity index (χ2v) is 12.2. The van der Waals surface area contributed by atoms with Crippen LogP contribution >= 0.6 is 0 Å². The van der Waals surface area contributed by atoms with Crippen LogP contribution in [0, 0.1) is 21.0 Å². The van der Waals surface area contributed by atoms with E-state index < -0.39 is 30.4 Å². The number of aryl methyl sites for hydroxylation is 2. The molecule has 0 aromatic heterocycles. The highest BCUT2D eigenvalue weighted by Crippen LogP contribution is 2.08. The maximum atomic E-state index is 12.7. The first kappa shape index (κ1) is 18.1. The maximum Gasteiger partial charge on any atom is 0.336 e. The topological polar surface area (TPSA) is 43.4 Å². The van der Waals surface area contributed by atoms with Crippen molar-refractivity contribution in [1.82, 2.24) is 0 Å². The fraction of sp³-hybridized carbons (Fsp3) is 0.100. The van der Waals surface area contributed by atoms with Crippen LogP contribution in [0.25, 0.3) is 0 Å². The van der Waals surface area contributed by atoms with Gasteiger partial charge in [-0.05, 0) is 52.8 Å². The largest absolute Gasteiger partial charge is 0.336 e. The van der Waals surface area contributed by atoms with Gasteiger partial charge in [0.15, 0.2) is 7.14 Å². The molecular formula is C20H19IO3S+. The molecule has 0 bridgehead atoms. The van der Waals surface area contributed by atoms with Crippen LogP contribution < -0.4 is 20.2 Å². The molecule has 0 fully saturated rings. The molecule has 0 spiro atoms. The van der Waals surface area contributed by atoms with Crippen molar-refractivity contribution in [2.24, 2.45) is 0 Å².